The number of benzene rings is 1. The molecule has 3 atom stereocenters. The second kappa shape index (κ2) is 8.09. The van der Waals surface area contributed by atoms with Crippen molar-refractivity contribution in [2.24, 2.45) is 11.8 Å². The van der Waals surface area contributed by atoms with Crippen LogP contribution in [-0.2, 0) is 9.53 Å². The third-order valence-electron chi connectivity index (χ3n) is 6.96. The molecule has 0 amide bonds. The summed E-state index contributed by atoms with van der Waals surface area (Å²) in [4.78, 5) is 24.5. The van der Waals surface area contributed by atoms with Gasteiger partial charge in [0.25, 0.3) is 8.32 Å². The smallest absolute Gasteiger partial charge is 0.339 e. The van der Waals surface area contributed by atoms with Crippen molar-refractivity contribution in [3.05, 3.63) is 42.0 Å². The molecule has 0 saturated heterocycles. The van der Waals surface area contributed by atoms with E-state index in [-0.39, 0.29) is 5.92 Å². The Bertz CT molecular complexity index is 759. The van der Waals surface area contributed by atoms with Crippen molar-refractivity contribution in [3.63, 3.8) is 0 Å². The Morgan fingerprint density at radius 1 is 1.03 bits per heavy atom. The first-order valence-corrected chi connectivity index (χ1v) is 13.0. The first-order valence-electron chi connectivity index (χ1n) is 10.8. The number of carbonyl (C=O) groups excluding carboxylic acids is 2. The van der Waals surface area contributed by atoms with Crippen LogP contribution in [0, 0.1) is 11.8 Å². The van der Waals surface area contributed by atoms with Crippen LogP contribution in [0.5, 0.6) is 5.75 Å². The van der Waals surface area contributed by atoms with Gasteiger partial charge in [-0.3, -0.25) is 4.79 Å². The highest BCUT2D eigenvalue weighted by Gasteiger charge is 2.52. The quantitative estimate of drug-likeness (QED) is 0.229. The maximum absolute atomic E-state index is 12.7. The molecule has 0 aliphatic heterocycles. The second-order valence-electron chi connectivity index (χ2n) is 9.60. The molecule has 0 spiro atoms. The fourth-order valence-electron chi connectivity index (χ4n) is 5.57. The van der Waals surface area contributed by atoms with Crippen LogP contribution in [0.1, 0.15) is 64.7 Å². The Balaban J connectivity index is 1.75. The van der Waals surface area contributed by atoms with E-state index in [1.165, 1.54) is 0 Å². The lowest BCUT2D eigenvalue weighted by atomic mass is 9.89. The van der Waals surface area contributed by atoms with Crippen molar-refractivity contribution in [1.82, 2.24) is 0 Å². The van der Waals surface area contributed by atoms with Crippen molar-refractivity contribution in [2.45, 2.75) is 76.6 Å². The summed E-state index contributed by atoms with van der Waals surface area (Å²) in [6, 6.07) is 7.22. The molecule has 1 saturated carbocycles. The third-order valence-corrected chi connectivity index (χ3v) is 13.0. The molecule has 0 heterocycles. The van der Waals surface area contributed by atoms with Gasteiger partial charge in [0, 0.05) is 12.3 Å². The average Bonchev–Trinajstić information content (AvgIpc) is 3.27. The van der Waals surface area contributed by atoms with Crippen LogP contribution in [0.15, 0.2) is 36.4 Å². The van der Waals surface area contributed by atoms with Gasteiger partial charge in [0.05, 0.1) is 5.56 Å². The molecule has 2 aliphatic rings. The summed E-state index contributed by atoms with van der Waals surface area (Å²) in [7, 11) is -2.04. The summed E-state index contributed by atoms with van der Waals surface area (Å²) in [5.74, 6) is 0.711. The van der Waals surface area contributed by atoms with Crippen LogP contribution in [0.4, 0.5) is 0 Å². The Morgan fingerprint density at radius 2 is 1.62 bits per heavy atom. The standard InChI is InChI=1S/C24H34O4Si/c1-16(2)29(17(3)4,18(5)6)28-22-11-8-20(9-12-22)23(26)27-24(15-25)14-19-7-10-21(24)13-19/h7-12,15-19,21H,13-14H2,1-6H3/t19-,21+,24+/m0/s1. The van der Waals surface area contributed by atoms with Crippen LogP contribution in [0.2, 0.25) is 16.6 Å². The summed E-state index contributed by atoms with van der Waals surface area (Å²) in [5.41, 5.74) is 0.887. The van der Waals surface area contributed by atoms with Crippen LogP contribution < -0.4 is 4.43 Å². The van der Waals surface area contributed by atoms with Gasteiger partial charge in [0.1, 0.15) is 5.75 Å². The number of fused-ring (bicyclic) bond motifs is 2. The summed E-state index contributed by atoms with van der Waals surface area (Å²) < 4.78 is 12.4. The number of rotatable bonds is 8. The van der Waals surface area contributed by atoms with Gasteiger partial charge in [-0.1, -0.05) is 53.7 Å². The van der Waals surface area contributed by atoms with E-state index in [2.05, 4.69) is 47.6 Å². The minimum absolute atomic E-state index is 0.00583. The minimum Gasteiger partial charge on any atom is -0.543 e. The van der Waals surface area contributed by atoms with Crippen molar-refractivity contribution >= 4 is 20.6 Å². The first kappa shape index (κ1) is 21.8. The van der Waals surface area contributed by atoms with Gasteiger partial charge >= 0.3 is 5.97 Å². The lowest BCUT2D eigenvalue weighted by Crippen LogP contribution is -2.50. The van der Waals surface area contributed by atoms with E-state index < -0.39 is 19.9 Å². The van der Waals surface area contributed by atoms with Gasteiger partial charge in [-0.2, -0.15) is 0 Å². The number of ether oxygens (including phenoxy) is 1. The molecule has 0 aromatic heterocycles. The predicted molar refractivity (Wildman–Crippen MR) is 118 cm³/mol. The first-order chi connectivity index (χ1) is 13.6. The molecule has 2 aliphatic carbocycles. The van der Waals surface area contributed by atoms with Gasteiger partial charge in [-0.05, 0) is 53.2 Å². The average molecular weight is 415 g/mol. The summed E-state index contributed by atoms with van der Waals surface area (Å²) in [6.45, 7) is 13.5. The zero-order valence-electron chi connectivity index (χ0n) is 18.5. The van der Waals surface area contributed by atoms with Crippen LogP contribution in [-0.4, -0.2) is 26.2 Å². The fraction of sp³-hybridized carbons (Fsp3) is 0.583. The molecule has 1 fully saturated rings. The Morgan fingerprint density at radius 3 is 2.03 bits per heavy atom. The fourth-order valence-corrected chi connectivity index (χ4v) is 10.8. The summed E-state index contributed by atoms with van der Waals surface area (Å²) in [5, 5.41) is 0. The molecule has 158 valence electrons. The number of esters is 1. The maximum Gasteiger partial charge on any atom is 0.339 e. The van der Waals surface area contributed by atoms with E-state index >= 15 is 0 Å². The van der Waals surface area contributed by atoms with E-state index in [1.54, 1.807) is 12.1 Å². The molecule has 0 N–H and O–H groups in total. The zero-order chi connectivity index (χ0) is 21.4. The van der Waals surface area contributed by atoms with Crippen LogP contribution >= 0.6 is 0 Å². The highest BCUT2D eigenvalue weighted by atomic mass is 28.4. The minimum atomic E-state index is -2.04. The molecular weight excluding hydrogens is 380 g/mol. The lowest BCUT2D eigenvalue weighted by Gasteiger charge is -2.42. The molecule has 29 heavy (non-hydrogen) atoms. The molecule has 1 aromatic rings. The van der Waals surface area contributed by atoms with Crippen molar-refractivity contribution in [1.29, 1.82) is 0 Å². The Hall–Kier alpha value is -1.88. The van der Waals surface area contributed by atoms with E-state index in [0.717, 1.165) is 18.5 Å². The number of aldehydes is 1. The number of carbonyl (C=O) groups is 2. The van der Waals surface area contributed by atoms with Crippen LogP contribution in [0.3, 0.4) is 0 Å². The molecule has 3 rings (SSSR count). The van der Waals surface area contributed by atoms with E-state index in [1.807, 2.05) is 18.2 Å². The van der Waals surface area contributed by atoms with E-state index in [4.69, 9.17) is 9.16 Å². The normalized spacial score (nSPS) is 25.8. The maximum atomic E-state index is 12.7. The molecule has 5 heteroatoms. The van der Waals surface area contributed by atoms with Gasteiger partial charge in [-0.15, -0.1) is 0 Å². The number of allylic oxidation sites excluding steroid dienone is 1. The molecule has 2 bridgehead atoms. The summed E-state index contributed by atoms with van der Waals surface area (Å²) >= 11 is 0. The van der Waals surface area contributed by atoms with Crippen molar-refractivity contribution < 1.29 is 18.8 Å². The monoisotopic (exact) mass is 414 g/mol. The second-order valence-corrected chi connectivity index (χ2v) is 15.0. The number of hydrogen-bond acceptors (Lipinski definition) is 4. The Kier molecular flexibility index (Phi) is 6.09. The highest BCUT2D eigenvalue weighted by molar-refractivity contribution is 6.78. The topological polar surface area (TPSA) is 52.6 Å². The van der Waals surface area contributed by atoms with Gasteiger partial charge in [-0.25, -0.2) is 4.79 Å². The molecule has 4 nitrogen and oxygen atoms in total. The molecular formula is C24H34O4Si. The van der Waals surface area contributed by atoms with Gasteiger partial charge in [0.2, 0.25) is 0 Å². The van der Waals surface area contributed by atoms with E-state index in [9.17, 15) is 9.59 Å². The lowest BCUT2D eigenvalue weighted by molar-refractivity contribution is -0.127. The highest BCUT2D eigenvalue weighted by Crippen LogP contribution is 2.48. The molecule has 0 unspecified atom stereocenters. The molecule has 1 aromatic carbocycles. The van der Waals surface area contributed by atoms with Crippen molar-refractivity contribution in [3.8, 4) is 5.75 Å². The molecule has 0 radical (unpaired) electrons. The SMILES string of the molecule is CC(C)[Si](Oc1ccc(C(=O)O[C@@]2(C=O)C[C@H]3C=C[C@@H]2C3)cc1)(C(C)C)C(C)C. The predicted octanol–water partition coefficient (Wildman–Crippen LogP) is 5.93. The van der Waals surface area contributed by atoms with Crippen molar-refractivity contribution in [2.75, 3.05) is 0 Å². The zero-order valence-corrected chi connectivity index (χ0v) is 19.5. The third kappa shape index (κ3) is 3.81. The Labute approximate surface area is 175 Å². The van der Waals surface area contributed by atoms with Gasteiger partial charge < -0.3 is 9.16 Å². The summed E-state index contributed by atoms with van der Waals surface area (Å²) in [6.07, 6.45) is 6.45. The van der Waals surface area contributed by atoms with E-state index in [0.29, 0.717) is 34.5 Å². The largest absolute Gasteiger partial charge is 0.543 e. The van der Waals surface area contributed by atoms with Gasteiger partial charge in [0.15, 0.2) is 11.9 Å². The number of hydrogen-bond donors (Lipinski definition) is 0. The van der Waals surface area contributed by atoms with Crippen LogP contribution in [0.25, 0.3) is 0 Å².